The maximum absolute atomic E-state index is 13.3. The first-order valence-electron chi connectivity index (χ1n) is 5.79. The highest BCUT2D eigenvalue weighted by Gasteiger charge is 2.15. The molecule has 1 unspecified atom stereocenters. The van der Waals surface area contributed by atoms with Gasteiger partial charge in [-0.3, -0.25) is 0 Å². The summed E-state index contributed by atoms with van der Waals surface area (Å²) in [5.74, 6) is -0.880. The number of rotatable bonds is 4. The van der Waals surface area contributed by atoms with Crippen LogP contribution in [0.15, 0.2) is 35.7 Å². The highest BCUT2D eigenvalue weighted by Crippen LogP contribution is 2.26. The quantitative estimate of drug-likeness (QED) is 0.864. The number of thiophene rings is 1. The van der Waals surface area contributed by atoms with E-state index in [0.717, 1.165) is 4.88 Å². The molecule has 5 heteroatoms. The van der Waals surface area contributed by atoms with Crippen LogP contribution in [-0.2, 0) is 4.74 Å². The molecular formula is C14H14FNO2S. The number of anilines is 1. The minimum atomic E-state index is -0.485. The topological polar surface area (TPSA) is 38.3 Å². The smallest absolute Gasteiger partial charge is 0.339 e. The van der Waals surface area contributed by atoms with Crippen LogP contribution in [0.4, 0.5) is 10.1 Å². The largest absolute Gasteiger partial charge is 0.465 e. The first-order chi connectivity index (χ1) is 9.11. The second-order valence-electron chi connectivity index (χ2n) is 4.06. The fraction of sp³-hybridized carbons (Fsp3) is 0.214. The summed E-state index contributed by atoms with van der Waals surface area (Å²) in [6.07, 6.45) is 0. The predicted molar refractivity (Wildman–Crippen MR) is 74.1 cm³/mol. The van der Waals surface area contributed by atoms with Crippen molar-refractivity contribution in [1.29, 1.82) is 0 Å². The first-order valence-corrected chi connectivity index (χ1v) is 6.67. The summed E-state index contributed by atoms with van der Waals surface area (Å²) < 4.78 is 18.0. The third kappa shape index (κ3) is 3.12. The zero-order valence-corrected chi connectivity index (χ0v) is 11.5. The number of hydrogen-bond acceptors (Lipinski definition) is 4. The monoisotopic (exact) mass is 279 g/mol. The third-order valence-corrected chi connectivity index (χ3v) is 3.78. The Morgan fingerprint density at radius 1 is 1.42 bits per heavy atom. The molecule has 1 heterocycles. The van der Waals surface area contributed by atoms with Crippen molar-refractivity contribution in [2.45, 2.75) is 13.0 Å². The van der Waals surface area contributed by atoms with Gasteiger partial charge in [0.25, 0.3) is 0 Å². The van der Waals surface area contributed by atoms with Gasteiger partial charge in [-0.2, -0.15) is 0 Å². The fourth-order valence-electron chi connectivity index (χ4n) is 1.77. The van der Waals surface area contributed by atoms with Crippen LogP contribution >= 0.6 is 11.3 Å². The van der Waals surface area contributed by atoms with Gasteiger partial charge in [0.1, 0.15) is 5.82 Å². The number of esters is 1. The van der Waals surface area contributed by atoms with Crippen LogP contribution in [0, 0.1) is 5.82 Å². The molecule has 19 heavy (non-hydrogen) atoms. The zero-order valence-electron chi connectivity index (χ0n) is 10.6. The Bertz CT molecular complexity index is 569. The van der Waals surface area contributed by atoms with Crippen molar-refractivity contribution >= 4 is 23.0 Å². The molecule has 0 bridgehead atoms. The van der Waals surface area contributed by atoms with Crippen LogP contribution in [0.3, 0.4) is 0 Å². The summed E-state index contributed by atoms with van der Waals surface area (Å²) in [4.78, 5) is 12.7. The van der Waals surface area contributed by atoms with E-state index < -0.39 is 11.8 Å². The van der Waals surface area contributed by atoms with Gasteiger partial charge in [-0.05, 0) is 36.6 Å². The summed E-state index contributed by atoms with van der Waals surface area (Å²) in [6, 6.07) is 7.89. The Hall–Kier alpha value is -1.88. The number of benzene rings is 1. The van der Waals surface area contributed by atoms with Crippen LogP contribution in [0.1, 0.15) is 28.2 Å². The molecular weight excluding hydrogens is 265 g/mol. The van der Waals surface area contributed by atoms with E-state index in [1.165, 1.54) is 25.3 Å². The lowest BCUT2D eigenvalue weighted by atomic mass is 10.1. The molecule has 0 aliphatic heterocycles. The number of halogens is 1. The van der Waals surface area contributed by atoms with E-state index in [2.05, 4.69) is 5.32 Å². The molecule has 0 aliphatic rings. The van der Waals surface area contributed by atoms with E-state index in [1.807, 2.05) is 24.4 Å². The summed E-state index contributed by atoms with van der Waals surface area (Å²) in [5.41, 5.74) is 0.764. The zero-order chi connectivity index (χ0) is 13.8. The van der Waals surface area contributed by atoms with Crippen molar-refractivity contribution in [2.24, 2.45) is 0 Å². The van der Waals surface area contributed by atoms with Gasteiger partial charge in [-0.25, -0.2) is 9.18 Å². The molecule has 0 amide bonds. The average Bonchev–Trinajstić information content (AvgIpc) is 2.92. The molecule has 1 aromatic heterocycles. The summed E-state index contributed by atoms with van der Waals surface area (Å²) in [6.45, 7) is 1.96. The van der Waals surface area contributed by atoms with Gasteiger partial charge in [0.2, 0.25) is 0 Å². The SMILES string of the molecule is COC(=O)c1ccc(F)cc1NC(C)c1cccs1. The Balaban J connectivity index is 2.28. The lowest BCUT2D eigenvalue weighted by molar-refractivity contribution is 0.0601. The maximum Gasteiger partial charge on any atom is 0.339 e. The van der Waals surface area contributed by atoms with Gasteiger partial charge in [0.15, 0.2) is 0 Å². The van der Waals surface area contributed by atoms with Crippen LogP contribution in [0.2, 0.25) is 0 Å². The third-order valence-electron chi connectivity index (χ3n) is 2.73. The van der Waals surface area contributed by atoms with Gasteiger partial charge in [0.05, 0.1) is 24.4 Å². The standard InChI is InChI=1S/C14H14FNO2S/c1-9(13-4-3-7-19-13)16-12-8-10(15)5-6-11(12)14(17)18-2/h3-9,16H,1-2H3. The second-order valence-corrected chi connectivity index (χ2v) is 5.04. The van der Waals surface area contributed by atoms with Crippen LogP contribution in [-0.4, -0.2) is 13.1 Å². The van der Waals surface area contributed by atoms with Crippen molar-refractivity contribution < 1.29 is 13.9 Å². The number of hydrogen-bond donors (Lipinski definition) is 1. The molecule has 0 radical (unpaired) electrons. The highest BCUT2D eigenvalue weighted by atomic mass is 32.1. The van der Waals surface area contributed by atoms with E-state index >= 15 is 0 Å². The van der Waals surface area contributed by atoms with Gasteiger partial charge in [-0.15, -0.1) is 11.3 Å². The van der Waals surface area contributed by atoms with Crippen LogP contribution in [0.25, 0.3) is 0 Å². The fourth-order valence-corrected chi connectivity index (χ4v) is 2.50. The molecule has 3 nitrogen and oxygen atoms in total. The average molecular weight is 279 g/mol. The van der Waals surface area contributed by atoms with Crippen molar-refractivity contribution in [1.82, 2.24) is 0 Å². The van der Waals surface area contributed by atoms with E-state index in [-0.39, 0.29) is 6.04 Å². The maximum atomic E-state index is 13.3. The Kier molecular flexibility index (Phi) is 4.16. The predicted octanol–water partition coefficient (Wildman–Crippen LogP) is 3.85. The summed E-state index contributed by atoms with van der Waals surface area (Å²) in [7, 11) is 1.30. The van der Waals surface area contributed by atoms with Gasteiger partial charge in [0, 0.05) is 4.88 Å². The molecule has 1 aromatic carbocycles. The Labute approximate surface area is 115 Å². The van der Waals surface area contributed by atoms with Crippen molar-refractivity contribution in [2.75, 3.05) is 12.4 Å². The van der Waals surface area contributed by atoms with Gasteiger partial charge in [-0.1, -0.05) is 6.07 Å². The molecule has 0 fully saturated rings. The molecule has 100 valence electrons. The van der Waals surface area contributed by atoms with Crippen molar-refractivity contribution in [3.63, 3.8) is 0 Å². The number of nitrogens with one attached hydrogen (secondary N) is 1. The lowest BCUT2D eigenvalue weighted by Crippen LogP contribution is -2.11. The molecule has 1 N–H and O–H groups in total. The second kappa shape index (κ2) is 5.84. The molecule has 0 spiro atoms. The molecule has 0 aliphatic carbocycles. The van der Waals surface area contributed by atoms with E-state index in [1.54, 1.807) is 11.3 Å². The number of carbonyl (C=O) groups is 1. The molecule has 2 aromatic rings. The summed E-state index contributed by atoms with van der Waals surface area (Å²) in [5, 5.41) is 5.11. The highest BCUT2D eigenvalue weighted by molar-refractivity contribution is 7.10. The minimum Gasteiger partial charge on any atom is -0.465 e. The molecule has 0 saturated heterocycles. The van der Waals surface area contributed by atoms with Gasteiger partial charge < -0.3 is 10.1 Å². The molecule has 1 atom stereocenters. The molecule has 0 saturated carbocycles. The summed E-state index contributed by atoms with van der Waals surface area (Å²) >= 11 is 1.60. The van der Waals surface area contributed by atoms with E-state index in [9.17, 15) is 9.18 Å². The minimum absolute atomic E-state index is 0.00907. The normalized spacial score (nSPS) is 11.9. The van der Waals surface area contributed by atoms with Crippen molar-refractivity contribution in [3.05, 3.63) is 52.0 Å². The van der Waals surface area contributed by atoms with E-state index in [0.29, 0.717) is 11.3 Å². The number of ether oxygens (including phenoxy) is 1. The Morgan fingerprint density at radius 3 is 2.84 bits per heavy atom. The van der Waals surface area contributed by atoms with Crippen LogP contribution < -0.4 is 5.32 Å². The Morgan fingerprint density at radius 2 is 2.21 bits per heavy atom. The first kappa shape index (κ1) is 13.5. The number of methoxy groups -OCH3 is 1. The van der Waals surface area contributed by atoms with E-state index in [4.69, 9.17) is 4.74 Å². The van der Waals surface area contributed by atoms with Crippen LogP contribution in [0.5, 0.6) is 0 Å². The number of carbonyl (C=O) groups excluding carboxylic acids is 1. The lowest BCUT2D eigenvalue weighted by Gasteiger charge is -2.16. The van der Waals surface area contributed by atoms with Gasteiger partial charge >= 0.3 is 5.97 Å². The van der Waals surface area contributed by atoms with Crippen molar-refractivity contribution in [3.8, 4) is 0 Å². The molecule has 2 rings (SSSR count).